The first-order chi connectivity index (χ1) is 13.0. The van der Waals surface area contributed by atoms with Crippen molar-refractivity contribution in [2.75, 3.05) is 23.3 Å². The normalized spacial score (nSPS) is 14.1. The number of halogens is 1. The fourth-order valence-electron chi connectivity index (χ4n) is 3.69. The number of hydrogen-bond donors (Lipinski definition) is 1. The minimum Gasteiger partial charge on any atom is -0.464 e. The van der Waals surface area contributed by atoms with Crippen LogP contribution in [0.2, 0.25) is 0 Å². The number of benzene rings is 2. The molecular weight excluding hydrogens is 343 g/mol. The predicted molar refractivity (Wildman–Crippen MR) is 106 cm³/mol. The van der Waals surface area contributed by atoms with Crippen molar-refractivity contribution in [2.45, 2.75) is 33.1 Å². The summed E-state index contributed by atoms with van der Waals surface area (Å²) < 4.78 is 20.0. The van der Waals surface area contributed by atoms with Crippen LogP contribution < -0.4 is 10.2 Å². The van der Waals surface area contributed by atoms with Crippen molar-refractivity contribution in [1.82, 2.24) is 0 Å². The minimum atomic E-state index is -0.406. The highest BCUT2D eigenvalue weighted by Gasteiger charge is 2.20. The van der Waals surface area contributed by atoms with Gasteiger partial charge in [-0.2, -0.15) is 0 Å². The summed E-state index contributed by atoms with van der Waals surface area (Å²) in [6, 6.07) is 8.95. The third-order valence-corrected chi connectivity index (χ3v) is 5.32. The first-order valence-electron chi connectivity index (χ1n) is 9.33. The maximum atomic E-state index is 14.4. The number of rotatable bonds is 4. The van der Waals surface area contributed by atoms with E-state index < -0.39 is 5.82 Å². The van der Waals surface area contributed by atoms with Crippen molar-refractivity contribution < 1.29 is 13.6 Å². The smallest absolute Gasteiger partial charge is 0.229 e. The number of aryl methyl sites for hydroxylation is 2. The molecule has 5 heteroatoms. The molecule has 1 aliphatic rings. The molecule has 4 rings (SSSR count). The zero-order valence-corrected chi connectivity index (χ0v) is 15.6. The number of nitrogens with one attached hydrogen (secondary N) is 1. The third kappa shape index (κ3) is 3.42. The van der Waals surface area contributed by atoms with Gasteiger partial charge in [-0.15, -0.1) is 0 Å². The van der Waals surface area contributed by atoms with Crippen molar-refractivity contribution in [1.29, 1.82) is 0 Å². The Morgan fingerprint density at radius 1 is 1.19 bits per heavy atom. The summed E-state index contributed by atoms with van der Waals surface area (Å²) in [5.74, 6) is -0.655. The molecule has 1 N–H and O–H groups in total. The van der Waals surface area contributed by atoms with Gasteiger partial charge < -0.3 is 14.6 Å². The van der Waals surface area contributed by atoms with E-state index in [4.69, 9.17) is 4.42 Å². The van der Waals surface area contributed by atoms with E-state index in [1.807, 2.05) is 32.0 Å². The lowest BCUT2D eigenvalue weighted by molar-refractivity contribution is -0.115. The molecule has 0 aliphatic carbocycles. The molecule has 140 valence electrons. The summed E-state index contributed by atoms with van der Waals surface area (Å²) in [7, 11) is 0. The average Bonchev–Trinajstić information content (AvgIpc) is 3.28. The van der Waals surface area contributed by atoms with Crippen molar-refractivity contribution in [3.05, 3.63) is 59.1 Å². The van der Waals surface area contributed by atoms with Gasteiger partial charge in [0.1, 0.15) is 17.1 Å². The topological polar surface area (TPSA) is 45.5 Å². The van der Waals surface area contributed by atoms with Crippen LogP contribution in [0.5, 0.6) is 0 Å². The van der Waals surface area contributed by atoms with Crippen LogP contribution >= 0.6 is 0 Å². The Morgan fingerprint density at radius 2 is 1.93 bits per heavy atom. The van der Waals surface area contributed by atoms with Gasteiger partial charge in [0.25, 0.3) is 0 Å². The molecule has 1 amide bonds. The molecule has 27 heavy (non-hydrogen) atoms. The van der Waals surface area contributed by atoms with Crippen molar-refractivity contribution in [2.24, 2.45) is 0 Å². The van der Waals surface area contributed by atoms with Crippen LogP contribution in [0, 0.1) is 19.7 Å². The van der Waals surface area contributed by atoms with Crippen LogP contribution in [-0.4, -0.2) is 19.0 Å². The van der Waals surface area contributed by atoms with E-state index in [-0.39, 0.29) is 18.0 Å². The highest BCUT2D eigenvalue weighted by molar-refractivity contribution is 5.98. The second kappa shape index (κ2) is 7.06. The van der Waals surface area contributed by atoms with Crippen LogP contribution in [-0.2, 0) is 11.2 Å². The van der Waals surface area contributed by atoms with Crippen LogP contribution in [0.1, 0.15) is 29.5 Å². The number of carbonyl (C=O) groups excluding carboxylic acids is 1. The molecule has 4 nitrogen and oxygen atoms in total. The summed E-state index contributed by atoms with van der Waals surface area (Å²) in [5, 5.41) is 3.72. The fraction of sp³-hybridized carbons (Fsp3) is 0.318. The van der Waals surface area contributed by atoms with E-state index in [1.165, 1.54) is 6.07 Å². The van der Waals surface area contributed by atoms with Gasteiger partial charge in [0.15, 0.2) is 0 Å². The second-order valence-corrected chi connectivity index (χ2v) is 7.25. The van der Waals surface area contributed by atoms with Gasteiger partial charge in [-0.05, 0) is 62.1 Å². The van der Waals surface area contributed by atoms with Crippen molar-refractivity contribution in [3.63, 3.8) is 0 Å². The van der Waals surface area contributed by atoms with Gasteiger partial charge in [-0.25, -0.2) is 4.39 Å². The van der Waals surface area contributed by atoms with Crippen molar-refractivity contribution in [3.8, 4) is 0 Å². The number of carbonyl (C=O) groups is 1. The lowest BCUT2D eigenvalue weighted by Crippen LogP contribution is -2.22. The average molecular weight is 366 g/mol. The number of furan rings is 1. The largest absolute Gasteiger partial charge is 0.464 e. The van der Waals surface area contributed by atoms with Gasteiger partial charge in [-0.1, -0.05) is 6.07 Å². The molecule has 0 radical (unpaired) electrons. The van der Waals surface area contributed by atoms with Crippen LogP contribution in [0.15, 0.2) is 41.0 Å². The Hall–Kier alpha value is -2.82. The maximum absolute atomic E-state index is 14.4. The molecule has 0 unspecified atom stereocenters. The molecule has 1 saturated heterocycles. The summed E-state index contributed by atoms with van der Waals surface area (Å²) in [6.45, 7) is 5.84. The number of amides is 1. The molecule has 0 atom stereocenters. The number of fused-ring (bicyclic) bond motifs is 1. The van der Waals surface area contributed by atoms with E-state index >= 15 is 0 Å². The molecule has 0 saturated carbocycles. The van der Waals surface area contributed by atoms with E-state index in [0.717, 1.165) is 59.3 Å². The third-order valence-electron chi connectivity index (χ3n) is 5.32. The molecule has 2 aromatic carbocycles. The molecular formula is C22H23FN2O2. The first-order valence-corrected chi connectivity index (χ1v) is 9.33. The Balaban J connectivity index is 1.58. The Bertz CT molecular complexity index is 1000. The predicted octanol–water partition coefficient (Wildman–Crippen LogP) is 4.97. The standard InChI is InChI=1S/C22H23FN2O2/c1-14-10-17-16(13-27-20(17)11-15(14)2)12-21(26)24-22-18(23)6-5-7-19(22)25-8-3-4-9-25/h5-7,10-11,13H,3-4,8-9,12H2,1-2H3,(H,24,26). The van der Waals surface area contributed by atoms with Crippen molar-refractivity contribution >= 4 is 28.3 Å². The van der Waals surface area contributed by atoms with Gasteiger partial charge in [0, 0.05) is 24.0 Å². The summed E-state index contributed by atoms with van der Waals surface area (Å²) >= 11 is 0. The first kappa shape index (κ1) is 17.6. The lowest BCUT2D eigenvalue weighted by atomic mass is 10.0. The van der Waals surface area contributed by atoms with Gasteiger partial charge in [-0.3, -0.25) is 4.79 Å². The number of para-hydroxylation sites is 1. The minimum absolute atomic E-state index is 0.142. The van der Waals surface area contributed by atoms with Crippen LogP contribution in [0.25, 0.3) is 11.0 Å². The van der Waals surface area contributed by atoms with E-state index in [1.54, 1.807) is 12.3 Å². The highest BCUT2D eigenvalue weighted by atomic mass is 19.1. The number of nitrogens with zero attached hydrogens (tertiary/aromatic N) is 1. The maximum Gasteiger partial charge on any atom is 0.229 e. The number of anilines is 2. The molecule has 0 bridgehead atoms. The Labute approximate surface area is 158 Å². The van der Waals surface area contributed by atoms with Gasteiger partial charge in [0.05, 0.1) is 18.4 Å². The summed E-state index contributed by atoms with van der Waals surface area (Å²) in [6.07, 6.45) is 3.93. The fourth-order valence-corrected chi connectivity index (χ4v) is 3.69. The Morgan fingerprint density at radius 3 is 2.70 bits per heavy atom. The van der Waals surface area contributed by atoms with Crippen LogP contribution in [0.4, 0.5) is 15.8 Å². The molecule has 1 aromatic heterocycles. The van der Waals surface area contributed by atoms with E-state index in [2.05, 4.69) is 10.2 Å². The van der Waals surface area contributed by atoms with Crippen LogP contribution in [0.3, 0.4) is 0 Å². The SMILES string of the molecule is Cc1cc2occ(CC(=O)Nc3c(F)cccc3N3CCCC3)c2cc1C. The quantitative estimate of drug-likeness (QED) is 0.709. The molecule has 0 spiro atoms. The highest BCUT2D eigenvalue weighted by Crippen LogP contribution is 2.32. The monoisotopic (exact) mass is 366 g/mol. The zero-order chi connectivity index (χ0) is 19.0. The molecule has 1 fully saturated rings. The lowest BCUT2D eigenvalue weighted by Gasteiger charge is -2.22. The summed E-state index contributed by atoms with van der Waals surface area (Å²) in [5.41, 5.74) is 4.90. The summed E-state index contributed by atoms with van der Waals surface area (Å²) in [4.78, 5) is 14.8. The van der Waals surface area contributed by atoms with Gasteiger partial charge in [0.2, 0.25) is 5.91 Å². The molecule has 3 aromatic rings. The zero-order valence-electron chi connectivity index (χ0n) is 15.6. The second-order valence-electron chi connectivity index (χ2n) is 7.25. The van der Waals surface area contributed by atoms with E-state index in [0.29, 0.717) is 0 Å². The van der Waals surface area contributed by atoms with E-state index in [9.17, 15) is 9.18 Å². The molecule has 1 aliphatic heterocycles. The van der Waals surface area contributed by atoms with Gasteiger partial charge >= 0.3 is 0 Å². The number of hydrogen-bond acceptors (Lipinski definition) is 3. The molecule has 2 heterocycles. The Kier molecular flexibility index (Phi) is 4.60.